The van der Waals surface area contributed by atoms with Crippen molar-refractivity contribution in [3.8, 4) is 5.75 Å². The molecule has 2 aromatic rings. The van der Waals surface area contributed by atoms with Gasteiger partial charge in [-0.2, -0.15) is 0 Å². The molecule has 1 fully saturated rings. The number of hydrogen-bond acceptors (Lipinski definition) is 4. The van der Waals surface area contributed by atoms with Crippen LogP contribution in [0.2, 0.25) is 0 Å². The zero-order chi connectivity index (χ0) is 16.9. The van der Waals surface area contributed by atoms with E-state index in [1.165, 1.54) is 23.2 Å². The molecular weight excluding hydrogens is 311 g/mol. The molecule has 1 aliphatic rings. The molecule has 1 amide bonds. The molecule has 24 heavy (non-hydrogen) atoms. The molecule has 0 unspecified atom stereocenters. The van der Waals surface area contributed by atoms with Gasteiger partial charge in [0.05, 0.1) is 6.20 Å². The minimum absolute atomic E-state index is 0.0671. The number of piperidine rings is 1. The number of amides is 1. The molecule has 1 aliphatic heterocycles. The quantitative estimate of drug-likeness (QED) is 0.843. The Labute approximate surface area is 140 Å². The summed E-state index contributed by atoms with van der Waals surface area (Å²) in [5.74, 6) is 0.874. The second-order valence-corrected chi connectivity index (χ2v) is 6.24. The minimum atomic E-state index is -0.307. The van der Waals surface area contributed by atoms with Crippen LogP contribution in [0.5, 0.6) is 5.75 Å². The number of rotatable bonds is 5. The van der Waals surface area contributed by atoms with Crippen LogP contribution in [0.1, 0.15) is 25.5 Å². The molecule has 1 aromatic carbocycles. The van der Waals surface area contributed by atoms with Gasteiger partial charge in [0, 0.05) is 13.1 Å². The van der Waals surface area contributed by atoms with E-state index >= 15 is 0 Å². The molecule has 6 nitrogen and oxygen atoms in total. The monoisotopic (exact) mass is 332 g/mol. The fourth-order valence-electron chi connectivity index (χ4n) is 2.82. The number of hydrogen-bond donors (Lipinski definition) is 0. The Kier molecular flexibility index (Phi) is 5.08. The van der Waals surface area contributed by atoms with Gasteiger partial charge in [0.2, 0.25) is 5.91 Å². The van der Waals surface area contributed by atoms with Crippen LogP contribution in [0.15, 0.2) is 30.5 Å². The number of halogens is 1. The standard InChI is InChI=1S/C17H21FN4O2/c1-13-3-2-8-21(9-13)17(23)11-22-10-15(19-20-22)12-24-16-6-4-14(18)5-7-16/h4-7,10,13H,2-3,8-9,11-12H2,1H3/t13-/m0/s1. The van der Waals surface area contributed by atoms with Crippen molar-refractivity contribution in [2.24, 2.45) is 5.92 Å². The molecule has 1 aromatic heterocycles. The number of aromatic nitrogens is 3. The van der Waals surface area contributed by atoms with Crippen molar-refractivity contribution in [1.82, 2.24) is 19.9 Å². The van der Waals surface area contributed by atoms with Gasteiger partial charge in [-0.1, -0.05) is 12.1 Å². The third kappa shape index (κ3) is 4.31. The van der Waals surface area contributed by atoms with Gasteiger partial charge in [-0.15, -0.1) is 5.10 Å². The molecule has 2 heterocycles. The Morgan fingerprint density at radius 1 is 1.38 bits per heavy atom. The summed E-state index contributed by atoms with van der Waals surface area (Å²) >= 11 is 0. The first kappa shape index (κ1) is 16.4. The van der Waals surface area contributed by atoms with E-state index < -0.39 is 0 Å². The maximum Gasteiger partial charge on any atom is 0.244 e. The lowest BCUT2D eigenvalue weighted by molar-refractivity contribution is -0.133. The van der Waals surface area contributed by atoms with Crippen molar-refractivity contribution in [2.75, 3.05) is 13.1 Å². The Balaban J connectivity index is 1.51. The Morgan fingerprint density at radius 2 is 2.17 bits per heavy atom. The molecule has 0 saturated carbocycles. The van der Waals surface area contributed by atoms with Gasteiger partial charge < -0.3 is 9.64 Å². The Bertz CT molecular complexity index is 686. The van der Waals surface area contributed by atoms with Crippen LogP contribution in [0.25, 0.3) is 0 Å². The van der Waals surface area contributed by atoms with E-state index in [1.54, 1.807) is 18.3 Å². The van der Waals surface area contributed by atoms with Crippen molar-refractivity contribution < 1.29 is 13.9 Å². The third-order valence-electron chi connectivity index (χ3n) is 4.09. The summed E-state index contributed by atoms with van der Waals surface area (Å²) in [6.45, 7) is 4.21. The first-order valence-corrected chi connectivity index (χ1v) is 8.15. The second kappa shape index (κ2) is 7.42. The van der Waals surface area contributed by atoms with Gasteiger partial charge in [-0.25, -0.2) is 9.07 Å². The fraction of sp³-hybridized carbons (Fsp3) is 0.471. The van der Waals surface area contributed by atoms with Gasteiger partial charge in [-0.3, -0.25) is 4.79 Å². The number of nitrogens with zero attached hydrogens (tertiary/aromatic N) is 4. The zero-order valence-corrected chi connectivity index (χ0v) is 13.7. The normalized spacial score (nSPS) is 17.8. The van der Waals surface area contributed by atoms with Gasteiger partial charge in [0.1, 0.15) is 30.4 Å². The van der Waals surface area contributed by atoms with Crippen LogP contribution in [0.4, 0.5) is 4.39 Å². The van der Waals surface area contributed by atoms with Crippen LogP contribution in [0.3, 0.4) is 0 Å². The fourth-order valence-corrected chi connectivity index (χ4v) is 2.82. The zero-order valence-electron chi connectivity index (χ0n) is 13.7. The van der Waals surface area contributed by atoms with Crippen molar-refractivity contribution in [3.63, 3.8) is 0 Å². The molecule has 0 bridgehead atoms. The molecule has 3 rings (SSSR count). The van der Waals surface area contributed by atoms with Crippen LogP contribution in [0, 0.1) is 11.7 Å². The highest BCUT2D eigenvalue weighted by Gasteiger charge is 2.21. The summed E-state index contributed by atoms with van der Waals surface area (Å²) in [7, 11) is 0. The molecule has 0 spiro atoms. The summed E-state index contributed by atoms with van der Waals surface area (Å²) < 4.78 is 19.9. The van der Waals surface area contributed by atoms with Crippen LogP contribution >= 0.6 is 0 Å². The first-order valence-electron chi connectivity index (χ1n) is 8.15. The van der Waals surface area contributed by atoms with Crippen molar-refractivity contribution in [3.05, 3.63) is 42.0 Å². The number of carbonyl (C=O) groups excluding carboxylic acids is 1. The van der Waals surface area contributed by atoms with Crippen molar-refractivity contribution in [1.29, 1.82) is 0 Å². The lowest BCUT2D eigenvalue weighted by atomic mass is 10.0. The van der Waals surface area contributed by atoms with Gasteiger partial charge in [-0.05, 0) is 43.0 Å². The average Bonchev–Trinajstić information content (AvgIpc) is 3.02. The third-order valence-corrected chi connectivity index (χ3v) is 4.09. The molecule has 0 aliphatic carbocycles. The Hall–Kier alpha value is -2.44. The Morgan fingerprint density at radius 3 is 2.92 bits per heavy atom. The molecule has 128 valence electrons. The van der Waals surface area contributed by atoms with E-state index in [0.29, 0.717) is 17.4 Å². The lowest BCUT2D eigenvalue weighted by Crippen LogP contribution is -2.40. The minimum Gasteiger partial charge on any atom is -0.487 e. The second-order valence-electron chi connectivity index (χ2n) is 6.24. The van der Waals surface area contributed by atoms with E-state index in [9.17, 15) is 9.18 Å². The topological polar surface area (TPSA) is 60.2 Å². The van der Waals surface area contributed by atoms with E-state index in [0.717, 1.165) is 19.5 Å². The predicted molar refractivity (Wildman–Crippen MR) is 85.7 cm³/mol. The number of benzene rings is 1. The number of carbonyl (C=O) groups is 1. The molecule has 1 saturated heterocycles. The average molecular weight is 332 g/mol. The number of likely N-dealkylation sites (tertiary alicyclic amines) is 1. The van der Waals surface area contributed by atoms with Crippen molar-refractivity contribution >= 4 is 5.91 Å². The molecule has 1 atom stereocenters. The predicted octanol–water partition coefficient (Wildman–Crippen LogP) is 2.25. The van der Waals surface area contributed by atoms with Gasteiger partial charge in [0.15, 0.2) is 0 Å². The summed E-state index contributed by atoms with van der Waals surface area (Å²) in [5, 5.41) is 7.98. The highest BCUT2D eigenvalue weighted by molar-refractivity contribution is 5.76. The summed E-state index contributed by atoms with van der Waals surface area (Å²) in [4.78, 5) is 14.2. The highest BCUT2D eigenvalue weighted by Crippen LogP contribution is 2.16. The first-order chi connectivity index (χ1) is 11.6. The number of ether oxygens (including phenoxy) is 1. The molecule has 7 heteroatoms. The maximum absolute atomic E-state index is 12.8. The molecule has 0 radical (unpaired) electrons. The van der Waals surface area contributed by atoms with E-state index in [2.05, 4.69) is 17.2 Å². The van der Waals surface area contributed by atoms with Gasteiger partial charge in [0.25, 0.3) is 0 Å². The molecule has 0 N–H and O–H groups in total. The largest absolute Gasteiger partial charge is 0.487 e. The van der Waals surface area contributed by atoms with Crippen LogP contribution in [-0.2, 0) is 17.9 Å². The maximum atomic E-state index is 12.8. The lowest BCUT2D eigenvalue weighted by Gasteiger charge is -2.30. The van der Waals surface area contributed by atoms with Crippen LogP contribution < -0.4 is 4.74 Å². The van der Waals surface area contributed by atoms with E-state index in [1.807, 2.05) is 4.90 Å². The van der Waals surface area contributed by atoms with Crippen LogP contribution in [-0.4, -0.2) is 38.9 Å². The summed E-state index contributed by atoms with van der Waals surface area (Å²) in [6, 6.07) is 5.79. The summed E-state index contributed by atoms with van der Waals surface area (Å²) in [5.41, 5.74) is 0.624. The van der Waals surface area contributed by atoms with E-state index in [4.69, 9.17) is 4.74 Å². The molecular formula is C17H21FN4O2. The smallest absolute Gasteiger partial charge is 0.244 e. The SMILES string of the molecule is C[C@H]1CCCN(C(=O)Cn2cc(COc3ccc(F)cc3)nn2)C1. The van der Waals surface area contributed by atoms with Gasteiger partial charge >= 0.3 is 0 Å². The highest BCUT2D eigenvalue weighted by atomic mass is 19.1. The van der Waals surface area contributed by atoms with Crippen molar-refractivity contribution in [2.45, 2.75) is 32.9 Å². The summed E-state index contributed by atoms with van der Waals surface area (Å²) in [6.07, 6.45) is 3.94. The van der Waals surface area contributed by atoms with E-state index in [-0.39, 0.29) is 24.9 Å².